The quantitative estimate of drug-likeness (QED) is 0.335. The minimum atomic E-state index is -2.90. The predicted octanol–water partition coefficient (Wildman–Crippen LogP) is 1.32. The number of alkyl halides is 2. The molecule has 0 aliphatic heterocycles. The topological polar surface area (TPSA) is 92.4 Å². The van der Waals surface area contributed by atoms with Crippen LogP contribution in [0.1, 0.15) is 54.2 Å². The molecule has 1 aromatic carbocycles. The standard InChI is InChI=1S/C27H26F2N4O3.K/c1-16-23(12-19-4-2-3-5-24(19)36-27(28)29)33-15-20(10-11-25(33)32-16)22-14-30-21(13-31-22)17-6-8-18(9-7-17)26(34)35;/h2-5,10-11,13-15,17-18,27H,6-9,12H2,1H3,(H,34,35);/q;+1/p-1. The van der Waals surface area contributed by atoms with Crippen molar-refractivity contribution in [2.45, 2.75) is 51.6 Å². The number of aromatic nitrogens is 4. The van der Waals surface area contributed by atoms with Crippen LogP contribution in [0.5, 0.6) is 5.75 Å². The molecule has 5 rings (SSSR count). The smallest absolute Gasteiger partial charge is 0.550 e. The van der Waals surface area contributed by atoms with Gasteiger partial charge in [0, 0.05) is 47.5 Å². The van der Waals surface area contributed by atoms with E-state index in [-0.39, 0.29) is 69.0 Å². The molecule has 1 fully saturated rings. The van der Waals surface area contributed by atoms with Gasteiger partial charge < -0.3 is 19.0 Å². The molecule has 0 spiro atoms. The molecule has 186 valence electrons. The van der Waals surface area contributed by atoms with E-state index in [0.717, 1.165) is 41.1 Å². The van der Waals surface area contributed by atoms with Gasteiger partial charge in [-0.2, -0.15) is 8.78 Å². The minimum absolute atomic E-state index is 0. The molecule has 0 N–H and O–H groups in total. The molecule has 0 bridgehead atoms. The normalized spacial score (nSPS) is 17.5. The molecule has 1 saturated carbocycles. The summed E-state index contributed by atoms with van der Waals surface area (Å²) in [5.74, 6) is -0.998. The van der Waals surface area contributed by atoms with Crippen molar-refractivity contribution in [2.75, 3.05) is 0 Å². The number of rotatable bonds is 7. The average molecular weight is 531 g/mol. The largest absolute Gasteiger partial charge is 1.00 e. The summed E-state index contributed by atoms with van der Waals surface area (Å²) in [6.45, 7) is -1.01. The number of halogens is 2. The van der Waals surface area contributed by atoms with Gasteiger partial charge in [-0.1, -0.05) is 18.2 Å². The second-order valence-corrected chi connectivity index (χ2v) is 9.15. The van der Waals surface area contributed by atoms with Crippen LogP contribution in [0.3, 0.4) is 0 Å². The van der Waals surface area contributed by atoms with E-state index in [9.17, 15) is 18.7 Å². The molecule has 0 atom stereocenters. The van der Waals surface area contributed by atoms with Gasteiger partial charge in [-0.25, -0.2) is 4.98 Å². The van der Waals surface area contributed by atoms with Crippen molar-refractivity contribution in [3.05, 3.63) is 77.6 Å². The van der Waals surface area contributed by atoms with Crippen molar-refractivity contribution in [3.63, 3.8) is 0 Å². The third-order valence-corrected chi connectivity index (χ3v) is 6.91. The third kappa shape index (κ3) is 6.26. The average Bonchev–Trinajstić information content (AvgIpc) is 3.19. The van der Waals surface area contributed by atoms with Gasteiger partial charge in [0.15, 0.2) is 0 Å². The Balaban J connectivity index is 0.00000320. The van der Waals surface area contributed by atoms with Gasteiger partial charge in [-0.3, -0.25) is 9.97 Å². The number of aryl methyl sites for hydroxylation is 1. The number of para-hydroxylation sites is 1. The van der Waals surface area contributed by atoms with Gasteiger partial charge in [-0.15, -0.1) is 0 Å². The number of carboxylic acid groups (broad SMARTS) is 1. The van der Waals surface area contributed by atoms with Gasteiger partial charge >= 0.3 is 58.0 Å². The molecule has 1 aliphatic rings. The maximum Gasteiger partial charge on any atom is 1.00 e. The van der Waals surface area contributed by atoms with Gasteiger partial charge in [0.2, 0.25) is 0 Å². The Kier molecular flexibility index (Phi) is 9.07. The number of carbonyl (C=O) groups is 1. The fraction of sp³-hybridized carbons (Fsp3) is 0.333. The molecule has 0 saturated heterocycles. The number of imidazole rings is 1. The number of pyridine rings is 1. The van der Waals surface area contributed by atoms with Gasteiger partial charge in [0.05, 0.1) is 23.3 Å². The van der Waals surface area contributed by atoms with Crippen LogP contribution in [-0.4, -0.2) is 31.9 Å². The van der Waals surface area contributed by atoms with Crippen molar-refractivity contribution < 1.29 is 74.8 Å². The number of aliphatic carboxylic acids is 1. The van der Waals surface area contributed by atoms with Gasteiger partial charge in [-0.05, 0) is 56.7 Å². The number of benzene rings is 1. The molecule has 37 heavy (non-hydrogen) atoms. The summed E-state index contributed by atoms with van der Waals surface area (Å²) in [6.07, 6.45) is 8.51. The Morgan fingerprint density at radius 1 is 1.11 bits per heavy atom. The zero-order valence-electron chi connectivity index (χ0n) is 20.7. The Hall–Kier alpha value is -2.24. The molecule has 1 aliphatic carbocycles. The van der Waals surface area contributed by atoms with Crippen molar-refractivity contribution in [3.8, 4) is 17.0 Å². The van der Waals surface area contributed by atoms with Crippen molar-refractivity contribution in [1.82, 2.24) is 19.4 Å². The molecule has 0 radical (unpaired) electrons. The number of carbonyl (C=O) groups excluding carboxylic acids is 1. The first-order valence-electron chi connectivity index (χ1n) is 11.9. The molecule has 3 heterocycles. The molecular weight excluding hydrogens is 505 g/mol. The molecule has 0 amide bonds. The van der Waals surface area contributed by atoms with Crippen molar-refractivity contribution in [1.29, 1.82) is 0 Å². The Bertz CT molecular complexity index is 1390. The second kappa shape index (κ2) is 12.1. The molecule has 10 heteroatoms. The zero-order chi connectivity index (χ0) is 25.2. The van der Waals surface area contributed by atoms with E-state index in [0.29, 0.717) is 30.5 Å². The van der Waals surface area contributed by atoms with Crippen LogP contribution in [-0.2, 0) is 11.2 Å². The Morgan fingerprint density at radius 3 is 2.54 bits per heavy atom. The van der Waals surface area contributed by atoms with Gasteiger partial charge in [0.25, 0.3) is 0 Å². The summed E-state index contributed by atoms with van der Waals surface area (Å²) in [7, 11) is 0. The number of ether oxygens (including phenoxy) is 1. The number of nitrogens with zero attached hydrogens (tertiary/aromatic N) is 4. The monoisotopic (exact) mass is 530 g/mol. The summed E-state index contributed by atoms with van der Waals surface area (Å²) >= 11 is 0. The summed E-state index contributed by atoms with van der Waals surface area (Å²) < 4.78 is 32.4. The summed E-state index contributed by atoms with van der Waals surface area (Å²) in [5.41, 5.74) is 5.46. The first kappa shape index (κ1) is 27.8. The minimum Gasteiger partial charge on any atom is -0.550 e. The fourth-order valence-electron chi connectivity index (χ4n) is 4.94. The van der Waals surface area contributed by atoms with Crippen LogP contribution >= 0.6 is 0 Å². The summed E-state index contributed by atoms with van der Waals surface area (Å²) in [5, 5.41) is 11.1. The Labute approximate surface area is 255 Å². The van der Waals surface area contributed by atoms with Crippen LogP contribution in [0.15, 0.2) is 55.0 Å². The van der Waals surface area contributed by atoms with Crippen LogP contribution in [0.25, 0.3) is 16.9 Å². The Morgan fingerprint density at radius 2 is 1.86 bits per heavy atom. The van der Waals surface area contributed by atoms with E-state index in [2.05, 4.69) is 15.0 Å². The molecular formula is C27H25F2KN4O3. The molecule has 4 aromatic rings. The van der Waals surface area contributed by atoms with Crippen molar-refractivity contribution in [2.24, 2.45) is 5.92 Å². The van der Waals surface area contributed by atoms with E-state index in [1.807, 2.05) is 29.7 Å². The number of fused-ring (bicyclic) bond motifs is 1. The number of carboxylic acids is 1. The number of hydrogen-bond acceptors (Lipinski definition) is 6. The van der Waals surface area contributed by atoms with E-state index in [1.54, 1.807) is 30.6 Å². The second-order valence-electron chi connectivity index (χ2n) is 9.15. The van der Waals surface area contributed by atoms with E-state index < -0.39 is 12.6 Å². The SMILES string of the molecule is Cc1nc2ccc(-c3cnc(C4CCC(C(=O)[O-])CC4)cn3)cn2c1Cc1ccccc1OC(F)F.[K+]. The maximum absolute atomic E-state index is 12.9. The van der Waals surface area contributed by atoms with E-state index >= 15 is 0 Å². The third-order valence-electron chi connectivity index (χ3n) is 6.91. The summed E-state index contributed by atoms with van der Waals surface area (Å²) in [6, 6.07) is 10.6. The first-order valence-corrected chi connectivity index (χ1v) is 11.9. The first-order chi connectivity index (χ1) is 17.4. The van der Waals surface area contributed by atoms with E-state index in [4.69, 9.17) is 4.74 Å². The van der Waals surface area contributed by atoms with Crippen LogP contribution in [0, 0.1) is 12.8 Å². The maximum atomic E-state index is 12.9. The van der Waals surface area contributed by atoms with Gasteiger partial charge in [0.1, 0.15) is 11.4 Å². The summed E-state index contributed by atoms with van der Waals surface area (Å²) in [4.78, 5) is 25.0. The predicted molar refractivity (Wildman–Crippen MR) is 127 cm³/mol. The van der Waals surface area contributed by atoms with Crippen LogP contribution in [0.4, 0.5) is 8.78 Å². The molecule has 3 aromatic heterocycles. The molecule has 7 nitrogen and oxygen atoms in total. The van der Waals surface area contributed by atoms with Crippen LogP contribution in [0.2, 0.25) is 0 Å². The van der Waals surface area contributed by atoms with Crippen LogP contribution < -0.4 is 61.2 Å². The number of hydrogen-bond donors (Lipinski definition) is 0. The van der Waals surface area contributed by atoms with E-state index in [1.165, 1.54) is 6.07 Å². The fourth-order valence-corrected chi connectivity index (χ4v) is 4.94. The zero-order valence-corrected chi connectivity index (χ0v) is 23.9. The molecule has 0 unspecified atom stereocenters. The van der Waals surface area contributed by atoms with Crippen molar-refractivity contribution >= 4 is 11.6 Å².